The molecule has 0 fully saturated rings. The van der Waals surface area contributed by atoms with Crippen LogP contribution in [0, 0.1) is 0 Å². The van der Waals surface area contributed by atoms with Crippen LogP contribution in [0.4, 0.5) is 5.69 Å². The van der Waals surface area contributed by atoms with Crippen LogP contribution in [0.3, 0.4) is 0 Å². The Labute approximate surface area is 131 Å². The number of unbranched alkanes of at least 4 members (excludes halogenated alkanes) is 5. The van der Waals surface area contributed by atoms with Crippen LogP contribution in [-0.2, 0) is 19.6 Å². The second kappa shape index (κ2) is 9.43. The number of nitrogen functional groups attached to an aromatic ring is 1. The van der Waals surface area contributed by atoms with E-state index in [4.69, 9.17) is 5.73 Å². The lowest BCUT2D eigenvalue weighted by atomic mass is 9.93. The summed E-state index contributed by atoms with van der Waals surface area (Å²) in [6.45, 7) is 1.36. The van der Waals surface area contributed by atoms with E-state index in [1.165, 1.54) is 31.7 Å². The van der Waals surface area contributed by atoms with Crippen molar-refractivity contribution in [3.8, 4) is 0 Å². The third-order valence-corrected chi connectivity index (χ3v) is 4.03. The van der Waals surface area contributed by atoms with E-state index in [0.717, 1.165) is 18.4 Å². The highest BCUT2D eigenvalue weighted by Gasteiger charge is 2.19. The molecule has 124 valence electrons. The molecular weight excluding hydrogens is 282 g/mol. The van der Waals surface area contributed by atoms with Crippen molar-refractivity contribution >= 4 is 11.7 Å². The van der Waals surface area contributed by atoms with Gasteiger partial charge in [0.15, 0.2) is 0 Å². The molecule has 0 aliphatic carbocycles. The predicted octanol–water partition coefficient (Wildman–Crippen LogP) is 2.85. The fraction of sp³-hybridized carbons (Fsp3) is 0.588. The minimum atomic E-state index is -1.11. The molecule has 5 heteroatoms. The fourth-order valence-corrected chi connectivity index (χ4v) is 2.71. The van der Waals surface area contributed by atoms with Crippen LogP contribution in [0.2, 0.25) is 0 Å². The van der Waals surface area contributed by atoms with Gasteiger partial charge in [0.05, 0.1) is 18.8 Å². The van der Waals surface area contributed by atoms with Gasteiger partial charge >= 0.3 is 5.97 Å². The van der Waals surface area contributed by atoms with Gasteiger partial charge in [-0.25, -0.2) is 4.79 Å². The average Bonchev–Trinajstić information content (AvgIpc) is 2.51. The smallest absolute Gasteiger partial charge is 0.336 e. The molecule has 1 aromatic carbocycles. The summed E-state index contributed by atoms with van der Waals surface area (Å²) in [6, 6.07) is 1.54. The summed E-state index contributed by atoms with van der Waals surface area (Å²) < 4.78 is 0. The van der Waals surface area contributed by atoms with Crippen LogP contribution < -0.4 is 5.73 Å². The zero-order valence-corrected chi connectivity index (χ0v) is 13.3. The van der Waals surface area contributed by atoms with Gasteiger partial charge in [0, 0.05) is 11.3 Å². The third-order valence-electron chi connectivity index (χ3n) is 4.03. The summed E-state index contributed by atoms with van der Waals surface area (Å²) in [5.74, 6) is -1.11. The number of carbonyl (C=O) groups is 1. The number of aryl methyl sites for hydroxylation is 1. The molecule has 0 saturated carbocycles. The number of carboxylic acid groups (broad SMARTS) is 1. The van der Waals surface area contributed by atoms with Crippen molar-refractivity contribution in [1.29, 1.82) is 0 Å². The van der Waals surface area contributed by atoms with E-state index in [1.54, 1.807) is 0 Å². The quantitative estimate of drug-likeness (QED) is 0.393. The lowest BCUT2D eigenvalue weighted by Crippen LogP contribution is -2.12. The summed E-state index contributed by atoms with van der Waals surface area (Å²) in [7, 11) is 0. The van der Waals surface area contributed by atoms with Crippen LogP contribution in [0.1, 0.15) is 72.5 Å². The molecule has 0 radical (unpaired) electrons. The summed E-state index contributed by atoms with van der Waals surface area (Å²) in [5, 5.41) is 28.1. The number of carboxylic acids is 1. The number of aliphatic hydroxyl groups excluding tert-OH is 2. The molecule has 0 atom stereocenters. The normalized spacial score (nSPS) is 10.9. The summed E-state index contributed by atoms with van der Waals surface area (Å²) >= 11 is 0. The maximum atomic E-state index is 11.3. The molecule has 0 spiro atoms. The summed E-state index contributed by atoms with van der Waals surface area (Å²) in [5.41, 5.74) is 7.76. The van der Waals surface area contributed by atoms with E-state index in [1.807, 2.05) is 0 Å². The topological polar surface area (TPSA) is 104 Å². The first-order chi connectivity index (χ1) is 10.6. The van der Waals surface area contributed by atoms with Crippen LogP contribution in [0.15, 0.2) is 6.07 Å². The highest BCUT2D eigenvalue weighted by Crippen LogP contribution is 2.28. The fourth-order valence-electron chi connectivity index (χ4n) is 2.71. The molecule has 1 rings (SSSR count). The number of rotatable bonds is 10. The number of nitrogens with two attached hydrogens (primary N) is 1. The number of hydrogen-bond donors (Lipinski definition) is 4. The van der Waals surface area contributed by atoms with Crippen molar-refractivity contribution in [2.45, 2.75) is 65.1 Å². The first-order valence-electron chi connectivity index (χ1n) is 7.94. The van der Waals surface area contributed by atoms with E-state index in [0.29, 0.717) is 17.7 Å². The number of benzene rings is 1. The Bertz CT molecular complexity index is 500. The molecule has 0 amide bonds. The van der Waals surface area contributed by atoms with E-state index in [9.17, 15) is 20.1 Å². The van der Waals surface area contributed by atoms with Gasteiger partial charge in [0.25, 0.3) is 0 Å². The highest BCUT2D eigenvalue weighted by atomic mass is 16.4. The second-order valence-electron chi connectivity index (χ2n) is 5.59. The molecule has 0 bridgehead atoms. The van der Waals surface area contributed by atoms with Gasteiger partial charge in [0.1, 0.15) is 0 Å². The lowest BCUT2D eigenvalue weighted by molar-refractivity contribution is 0.0693. The molecule has 5 nitrogen and oxygen atoms in total. The van der Waals surface area contributed by atoms with Gasteiger partial charge < -0.3 is 21.1 Å². The van der Waals surface area contributed by atoms with Crippen LogP contribution in [0.25, 0.3) is 0 Å². The molecular formula is C17H27NO4. The Balaban J connectivity index is 2.86. The highest BCUT2D eigenvalue weighted by molar-refractivity contribution is 5.91. The van der Waals surface area contributed by atoms with E-state index < -0.39 is 12.6 Å². The van der Waals surface area contributed by atoms with Gasteiger partial charge in [-0.05, 0) is 30.0 Å². The van der Waals surface area contributed by atoms with E-state index >= 15 is 0 Å². The summed E-state index contributed by atoms with van der Waals surface area (Å²) in [6.07, 6.45) is 7.55. The van der Waals surface area contributed by atoms with Crippen molar-refractivity contribution in [3.63, 3.8) is 0 Å². The Morgan fingerprint density at radius 2 is 1.64 bits per heavy atom. The molecule has 0 aromatic heterocycles. The Morgan fingerprint density at radius 1 is 1.05 bits per heavy atom. The number of aliphatic hydroxyl groups is 2. The van der Waals surface area contributed by atoms with Gasteiger partial charge in [-0.2, -0.15) is 0 Å². The van der Waals surface area contributed by atoms with Crippen molar-refractivity contribution < 1.29 is 20.1 Å². The molecule has 22 heavy (non-hydrogen) atoms. The maximum absolute atomic E-state index is 11.3. The monoisotopic (exact) mass is 309 g/mol. The molecule has 0 heterocycles. The molecule has 5 N–H and O–H groups in total. The van der Waals surface area contributed by atoms with Crippen molar-refractivity contribution in [3.05, 3.63) is 28.3 Å². The molecule has 0 unspecified atom stereocenters. The van der Waals surface area contributed by atoms with E-state index in [-0.39, 0.29) is 17.7 Å². The van der Waals surface area contributed by atoms with Crippen LogP contribution >= 0.6 is 0 Å². The largest absolute Gasteiger partial charge is 0.478 e. The minimum Gasteiger partial charge on any atom is -0.478 e. The predicted molar refractivity (Wildman–Crippen MR) is 86.7 cm³/mol. The number of hydrogen-bond acceptors (Lipinski definition) is 4. The Kier molecular flexibility index (Phi) is 7.91. The summed E-state index contributed by atoms with van der Waals surface area (Å²) in [4.78, 5) is 11.3. The SMILES string of the molecule is CCCCCCCCc1cc(C(=O)O)c(CO)c(CO)c1N. The van der Waals surface area contributed by atoms with Crippen molar-refractivity contribution in [2.75, 3.05) is 5.73 Å². The number of anilines is 1. The van der Waals surface area contributed by atoms with Gasteiger partial charge in [-0.1, -0.05) is 39.0 Å². The molecule has 0 aliphatic rings. The van der Waals surface area contributed by atoms with Crippen molar-refractivity contribution in [1.82, 2.24) is 0 Å². The van der Waals surface area contributed by atoms with Crippen LogP contribution in [0.5, 0.6) is 0 Å². The third kappa shape index (κ3) is 4.71. The molecule has 0 saturated heterocycles. The zero-order chi connectivity index (χ0) is 16.5. The lowest BCUT2D eigenvalue weighted by Gasteiger charge is -2.16. The van der Waals surface area contributed by atoms with Crippen molar-refractivity contribution in [2.24, 2.45) is 0 Å². The van der Waals surface area contributed by atoms with Gasteiger partial charge in [-0.15, -0.1) is 0 Å². The first-order valence-corrected chi connectivity index (χ1v) is 7.94. The standard InChI is InChI=1S/C17H27NO4/c1-2-3-4-5-6-7-8-12-9-13(17(21)22)14(10-19)15(11-20)16(12)18/h9,19-20H,2-8,10-11,18H2,1H3,(H,21,22). The average molecular weight is 309 g/mol. The van der Waals surface area contributed by atoms with E-state index in [2.05, 4.69) is 6.92 Å². The maximum Gasteiger partial charge on any atom is 0.336 e. The number of aromatic carboxylic acids is 1. The Morgan fingerprint density at radius 3 is 2.18 bits per heavy atom. The second-order valence-corrected chi connectivity index (χ2v) is 5.59. The van der Waals surface area contributed by atoms with Gasteiger partial charge in [-0.3, -0.25) is 0 Å². The zero-order valence-electron chi connectivity index (χ0n) is 13.3. The van der Waals surface area contributed by atoms with Crippen LogP contribution in [-0.4, -0.2) is 21.3 Å². The molecule has 1 aromatic rings. The Hall–Kier alpha value is -1.59. The minimum absolute atomic E-state index is 0.0294. The molecule has 0 aliphatic heterocycles. The van der Waals surface area contributed by atoms with Gasteiger partial charge in [0.2, 0.25) is 0 Å². The first kappa shape index (κ1) is 18.5.